The molecule has 15 heavy (non-hydrogen) atoms. The van der Waals surface area contributed by atoms with Gasteiger partial charge in [0.2, 0.25) is 0 Å². The van der Waals surface area contributed by atoms with Gasteiger partial charge in [-0.2, -0.15) is 0 Å². The molecule has 0 saturated carbocycles. The van der Waals surface area contributed by atoms with E-state index in [9.17, 15) is 0 Å². The van der Waals surface area contributed by atoms with Crippen LogP contribution < -0.4 is 0 Å². The molecule has 1 aromatic rings. The summed E-state index contributed by atoms with van der Waals surface area (Å²) in [5, 5.41) is 0. The van der Waals surface area contributed by atoms with E-state index in [0.717, 1.165) is 19.6 Å². The molecule has 0 spiro atoms. The third-order valence-electron chi connectivity index (χ3n) is 2.28. The maximum Gasteiger partial charge on any atom is 0.0237 e. The fourth-order valence-corrected chi connectivity index (χ4v) is 1.75. The molecule has 0 aliphatic rings. The number of rotatable bonds is 6. The molecule has 0 N–H and O–H groups in total. The van der Waals surface area contributed by atoms with Crippen LogP contribution in [0.5, 0.6) is 0 Å². The summed E-state index contributed by atoms with van der Waals surface area (Å²) in [5.41, 5.74) is 2.62. The number of hydrogen-bond acceptors (Lipinski definition) is 1. The number of hydrogen-bond donors (Lipinski definition) is 0. The molecule has 0 unspecified atom stereocenters. The van der Waals surface area contributed by atoms with E-state index in [2.05, 4.69) is 55.7 Å². The van der Waals surface area contributed by atoms with Gasteiger partial charge in [0, 0.05) is 13.1 Å². The lowest BCUT2D eigenvalue weighted by molar-refractivity contribution is 0.289. The van der Waals surface area contributed by atoms with Crippen molar-refractivity contribution in [3.05, 3.63) is 48.0 Å². The highest BCUT2D eigenvalue weighted by Gasteiger charge is 2.04. The minimum absolute atomic E-state index is 1.00. The summed E-state index contributed by atoms with van der Waals surface area (Å²) >= 11 is 0. The van der Waals surface area contributed by atoms with Crippen molar-refractivity contribution in [1.82, 2.24) is 4.90 Å². The summed E-state index contributed by atoms with van der Waals surface area (Å²) < 4.78 is 0. The molecule has 0 fully saturated rings. The van der Waals surface area contributed by atoms with Gasteiger partial charge in [0.15, 0.2) is 0 Å². The van der Waals surface area contributed by atoms with E-state index in [4.69, 9.17) is 0 Å². The highest BCUT2D eigenvalue weighted by Crippen LogP contribution is 2.06. The molecule has 0 aliphatic carbocycles. The molecule has 0 aromatic heterocycles. The standard InChI is InChI=1S/C14H21N/c1-4-10-15(11-13(2)3)12-14-8-6-5-7-9-14/h5-9H,2,4,10-12H2,1,3H3. The molecule has 1 nitrogen and oxygen atoms in total. The van der Waals surface area contributed by atoms with Crippen LogP contribution >= 0.6 is 0 Å². The van der Waals surface area contributed by atoms with Crippen molar-refractivity contribution >= 4 is 0 Å². The molecule has 0 saturated heterocycles. The lowest BCUT2D eigenvalue weighted by Gasteiger charge is -2.21. The van der Waals surface area contributed by atoms with Crippen LogP contribution in [0.15, 0.2) is 42.5 Å². The number of benzene rings is 1. The van der Waals surface area contributed by atoms with Crippen LogP contribution in [0, 0.1) is 0 Å². The molecule has 1 heteroatoms. The molecule has 1 rings (SSSR count). The molecule has 0 heterocycles. The second kappa shape index (κ2) is 6.41. The predicted octanol–water partition coefficient (Wildman–Crippen LogP) is 3.47. The summed E-state index contributed by atoms with van der Waals surface area (Å²) in [5.74, 6) is 0. The van der Waals surface area contributed by atoms with Crippen molar-refractivity contribution in [3.63, 3.8) is 0 Å². The van der Waals surface area contributed by atoms with E-state index in [0.29, 0.717) is 0 Å². The Bertz CT molecular complexity index is 289. The molecular formula is C14H21N. The van der Waals surface area contributed by atoms with Crippen LogP contribution in [-0.4, -0.2) is 18.0 Å². The van der Waals surface area contributed by atoms with E-state index >= 15 is 0 Å². The fourth-order valence-electron chi connectivity index (χ4n) is 1.75. The van der Waals surface area contributed by atoms with Gasteiger partial charge >= 0.3 is 0 Å². The Morgan fingerprint density at radius 1 is 1.27 bits per heavy atom. The Hall–Kier alpha value is -1.08. The molecule has 82 valence electrons. The van der Waals surface area contributed by atoms with Gasteiger partial charge in [-0.25, -0.2) is 0 Å². The van der Waals surface area contributed by atoms with Crippen LogP contribution in [0.4, 0.5) is 0 Å². The van der Waals surface area contributed by atoms with Gasteiger partial charge in [0.1, 0.15) is 0 Å². The average Bonchev–Trinajstić information content (AvgIpc) is 2.18. The summed E-state index contributed by atoms with van der Waals surface area (Å²) in [7, 11) is 0. The van der Waals surface area contributed by atoms with Gasteiger partial charge in [0.25, 0.3) is 0 Å². The Labute approximate surface area is 93.4 Å². The first kappa shape index (κ1) is 12.0. The minimum atomic E-state index is 1.00. The van der Waals surface area contributed by atoms with Crippen LogP contribution in [0.2, 0.25) is 0 Å². The smallest absolute Gasteiger partial charge is 0.0237 e. The van der Waals surface area contributed by atoms with Crippen molar-refractivity contribution in [2.24, 2.45) is 0 Å². The molecule has 1 aromatic carbocycles. The van der Waals surface area contributed by atoms with Crippen LogP contribution in [0.3, 0.4) is 0 Å². The Kier molecular flexibility index (Phi) is 5.13. The Morgan fingerprint density at radius 3 is 2.47 bits per heavy atom. The first-order valence-corrected chi connectivity index (χ1v) is 5.63. The van der Waals surface area contributed by atoms with Gasteiger partial charge in [-0.05, 0) is 25.5 Å². The quantitative estimate of drug-likeness (QED) is 0.640. The highest BCUT2D eigenvalue weighted by molar-refractivity contribution is 5.14. The zero-order chi connectivity index (χ0) is 11.1. The van der Waals surface area contributed by atoms with Crippen molar-refractivity contribution in [2.75, 3.05) is 13.1 Å². The second-order valence-electron chi connectivity index (χ2n) is 4.15. The summed E-state index contributed by atoms with van der Waals surface area (Å²) in [6.45, 7) is 11.5. The first-order chi connectivity index (χ1) is 7.22. The summed E-state index contributed by atoms with van der Waals surface area (Å²) in [6.07, 6.45) is 1.19. The van der Waals surface area contributed by atoms with Gasteiger partial charge in [0.05, 0.1) is 0 Å². The summed E-state index contributed by atoms with van der Waals surface area (Å²) in [6, 6.07) is 10.6. The first-order valence-electron chi connectivity index (χ1n) is 5.63. The van der Waals surface area contributed by atoms with E-state index in [1.54, 1.807) is 0 Å². The van der Waals surface area contributed by atoms with Crippen molar-refractivity contribution in [1.29, 1.82) is 0 Å². The second-order valence-corrected chi connectivity index (χ2v) is 4.15. The van der Waals surface area contributed by atoms with Crippen LogP contribution in [-0.2, 0) is 6.54 Å². The van der Waals surface area contributed by atoms with E-state index in [-0.39, 0.29) is 0 Å². The van der Waals surface area contributed by atoms with Crippen LogP contribution in [0.25, 0.3) is 0 Å². The normalized spacial score (nSPS) is 10.6. The molecule has 0 radical (unpaired) electrons. The van der Waals surface area contributed by atoms with Crippen molar-refractivity contribution < 1.29 is 0 Å². The maximum atomic E-state index is 3.98. The third kappa shape index (κ3) is 4.80. The van der Waals surface area contributed by atoms with Gasteiger partial charge in [-0.3, -0.25) is 4.90 Å². The van der Waals surface area contributed by atoms with Gasteiger partial charge in [-0.15, -0.1) is 0 Å². The molecule has 0 atom stereocenters. The molecule has 0 aliphatic heterocycles. The zero-order valence-electron chi connectivity index (χ0n) is 9.87. The SMILES string of the molecule is C=C(C)CN(CCC)Cc1ccccc1. The molecular weight excluding hydrogens is 182 g/mol. The fraction of sp³-hybridized carbons (Fsp3) is 0.429. The average molecular weight is 203 g/mol. The van der Waals surface area contributed by atoms with Crippen LogP contribution in [0.1, 0.15) is 25.8 Å². The Morgan fingerprint density at radius 2 is 1.93 bits per heavy atom. The predicted molar refractivity (Wildman–Crippen MR) is 66.8 cm³/mol. The van der Waals surface area contributed by atoms with E-state index in [1.807, 2.05) is 0 Å². The van der Waals surface area contributed by atoms with E-state index in [1.165, 1.54) is 17.6 Å². The van der Waals surface area contributed by atoms with Gasteiger partial charge in [-0.1, -0.05) is 49.4 Å². The third-order valence-corrected chi connectivity index (χ3v) is 2.28. The monoisotopic (exact) mass is 203 g/mol. The molecule has 0 bridgehead atoms. The zero-order valence-corrected chi connectivity index (χ0v) is 9.87. The van der Waals surface area contributed by atoms with Gasteiger partial charge < -0.3 is 0 Å². The lowest BCUT2D eigenvalue weighted by atomic mass is 10.2. The van der Waals surface area contributed by atoms with Crippen molar-refractivity contribution in [2.45, 2.75) is 26.8 Å². The Balaban J connectivity index is 2.54. The lowest BCUT2D eigenvalue weighted by Crippen LogP contribution is -2.25. The number of nitrogens with zero attached hydrogens (tertiary/aromatic N) is 1. The molecule has 0 amide bonds. The highest BCUT2D eigenvalue weighted by atomic mass is 15.1. The van der Waals surface area contributed by atoms with Crippen molar-refractivity contribution in [3.8, 4) is 0 Å². The minimum Gasteiger partial charge on any atom is -0.295 e. The maximum absolute atomic E-state index is 3.98. The summed E-state index contributed by atoms with van der Waals surface area (Å²) in [4.78, 5) is 2.44. The largest absolute Gasteiger partial charge is 0.295 e. The van der Waals surface area contributed by atoms with E-state index < -0.39 is 0 Å². The topological polar surface area (TPSA) is 3.24 Å².